The standard InChI is InChI=1S/C14H18N4O2/c1-20-14(19)11-2-3-12-16-17-13(18(12)9-11)8-10-4-6-15-7-5-10/h2-3,9-10,15H,4-8H2,1H3. The number of hydrogen-bond donors (Lipinski definition) is 1. The number of piperidine rings is 1. The van der Waals surface area contributed by atoms with Crippen molar-refractivity contribution in [2.24, 2.45) is 5.92 Å². The predicted octanol–water partition coefficient (Wildman–Crippen LogP) is 1.06. The number of nitrogens with one attached hydrogen (secondary N) is 1. The first kappa shape index (κ1) is 13.1. The van der Waals surface area contributed by atoms with Gasteiger partial charge in [-0.05, 0) is 44.0 Å². The van der Waals surface area contributed by atoms with Gasteiger partial charge in [0.2, 0.25) is 0 Å². The van der Waals surface area contributed by atoms with Crippen molar-refractivity contribution in [2.75, 3.05) is 20.2 Å². The second-order valence-electron chi connectivity index (χ2n) is 5.15. The molecule has 0 saturated carbocycles. The first-order valence-electron chi connectivity index (χ1n) is 6.90. The number of pyridine rings is 1. The van der Waals surface area contributed by atoms with Crippen molar-refractivity contribution in [1.29, 1.82) is 0 Å². The van der Waals surface area contributed by atoms with E-state index in [1.807, 2.05) is 4.40 Å². The zero-order valence-corrected chi connectivity index (χ0v) is 11.5. The molecule has 0 amide bonds. The first-order chi connectivity index (χ1) is 9.78. The Bertz CT molecular complexity index is 617. The minimum absolute atomic E-state index is 0.339. The number of aromatic nitrogens is 3. The van der Waals surface area contributed by atoms with Crippen molar-refractivity contribution in [3.8, 4) is 0 Å². The third kappa shape index (κ3) is 2.51. The summed E-state index contributed by atoms with van der Waals surface area (Å²) in [6.45, 7) is 2.13. The number of hydrogen-bond acceptors (Lipinski definition) is 5. The van der Waals surface area contributed by atoms with Gasteiger partial charge >= 0.3 is 5.97 Å². The van der Waals surface area contributed by atoms with Crippen LogP contribution in [-0.2, 0) is 11.2 Å². The highest BCUT2D eigenvalue weighted by molar-refractivity contribution is 5.89. The molecule has 3 heterocycles. The summed E-state index contributed by atoms with van der Waals surface area (Å²) >= 11 is 0. The van der Waals surface area contributed by atoms with Crippen LogP contribution in [0.5, 0.6) is 0 Å². The van der Waals surface area contributed by atoms with Gasteiger partial charge in [-0.25, -0.2) is 4.79 Å². The zero-order valence-electron chi connectivity index (χ0n) is 11.5. The number of carbonyl (C=O) groups excluding carboxylic acids is 1. The molecule has 1 saturated heterocycles. The van der Waals surface area contributed by atoms with Crippen molar-refractivity contribution in [1.82, 2.24) is 19.9 Å². The van der Waals surface area contributed by atoms with E-state index in [1.165, 1.54) is 7.11 Å². The smallest absolute Gasteiger partial charge is 0.339 e. The Morgan fingerprint density at radius 3 is 2.95 bits per heavy atom. The van der Waals surface area contributed by atoms with Crippen LogP contribution in [0.15, 0.2) is 18.3 Å². The fourth-order valence-corrected chi connectivity index (χ4v) is 2.66. The van der Waals surface area contributed by atoms with Crippen LogP contribution >= 0.6 is 0 Å². The van der Waals surface area contributed by atoms with Crippen LogP contribution in [0.3, 0.4) is 0 Å². The molecular weight excluding hydrogens is 256 g/mol. The van der Waals surface area contributed by atoms with Crippen molar-refractivity contribution >= 4 is 11.6 Å². The summed E-state index contributed by atoms with van der Waals surface area (Å²) in [5.74, 6) is 1.21. The molecule has 6 nitrogen and oxygen atoms in total. The highest BCUT2D eigenvalue weighted by atomic mass is 16.5. The number of rotatable bonds is 3. The number of ether oxygens (including phenoxy) is 1. The van der Waals surface area contributed by atoms with Crippen molar-refractivity contribution in [2.45, 2.75) is 19.3 Å². The van der Waals surface area contributed by atoms with Gasteiger partial charge < -0.3 is 10.1 Å². The number of methoxy groups -OCH3 is 1. The SMILES string of the molecule is COC(=O)c1ccc2nnc(CC3CCNCC3)n2c1. The van der Waals surface area contributed by atoms with Gasteiger partial charge in [-0.2, -0.15) is 0 Å². The molecule has 0 radical (unpaired) electrons. The number of esters is 1. The Hall–Kier alpha value is -1.95. The van der Waals surface area contributed by atoms with E-state index in [9.17, 15) is 4.79 Å². The summed E-state index contributed by atoms with van der Waals surface area (Å²) in [4.78, 5) is 11.6. The molecule has 2 aromatic heterocycles. The first-order valence-corrected chi connectivity index (χ1v) is 6.90. The van der Waals surface area contributed by atoms with Gasteiger partial charge in [-0.15, -0.1) is 10.2 Å². The minimum Gasteiger partial charge on any atom is -0.465 e. The molecule has 1 aliphatic heterocycles. The molecular formula is C14H18N4O2. The molecule has 2 aromatic rings. The molecule has 3 rings (SSSR count). The van der Waals surface area contributed by atoms with Crippen LogP contribution in [0.2, 0.25) is 0 Å². The topological polar surface area (TPSA) is 68.5 Å². The molecule has 0 bridgehead atoms. The quantitative estimate of drug-likeness (QED) is 0.848. The van der Waals surface area contributed by atoms with Gasteiger partial charge in [0, 0.05) is 12.6 Å². The molecule has 0 spiro atoms. The van der Waals surface area contributed by atoms with E-state index < -0.39 is 0 Å². The average Bonchev–Trinajstić information content (AvgIpc) is 2.90. The van der Waals surface area contributed by atoms with Crippen LogP contribution in [0.1, 0.15) is 29.0 Å². The van der Waals surface area contributed by atoms with Gasteiger partial charge in [0.25, 0.3) is 0 Å². The number of nitrogens with zero attached hydrogens (tertiary/aromatic N) is 3. The fourth-order valence-electron chi connectivity index (χ4n) is 2.66. The molecule has 106 valence electrons. The van der Waals surface area contributed by atoms with Crippen LogP contribution in [0, 0.1) is 5.92 Å². The highest BCUT2D eigenvalue weighted by Crippen LogP contribution is 2.18. The molecule has 0 atom stereocenters. The maximum absolute atomic E-state index is 11.6. The Labute approximate surface area is 117 Å². The normalized spacial score (nSPS) is 16.4. The summed E-state index contributed by atoms with van der Waals surface area (Å²) in [5.41, 5.74) is 1.29. The molecule has 0 aromatic carbocycles. The fraction of sp³-hybridized carbons (Fsp3) is 0.500. The Morgan fingerprint density at radius 1 is 1.40 bits per heavy atom. The lowest BCUT2D eigenvalue weighted by atomic mass is 9.94. The van der Waals surface area contributed by atoms with Crippen molar-refractivity contribution in [3.05, 3.63) is 29.7 Å². The summed E-state index contributed by atoms with van der Waals surface area (Å²) in [6.07, 6.45) is 4.97. The molecule has 0 unspecified atom stereocenters. The number of carbonyl (C=O) groups is 1. The summed E-state index contributed by atoms with van der Waals surface area (Å²) < 4.78 is 6.65. The summed E-state index contributed by atoms with van der Waals surface area (Å²) in [7, 11) is 1.38. The van der Waals surface area contributed by atoms with E-state index in [2.05, 4.69) is 15.5 Å². The molecule has 0 aliphatic carbocycles. The van der Waals surface area contributed by atoms with Gasteiger partial charge in [0.15, 0.2) is 5.65 Å². The molecule has 20 heavy (non-hydrogen) atoms. The highest BCUT2D eigenvalue weighted by Gasteiger charge is 2.17. The van der Waals surface area contributed by atoms with E-state index in [4.69, 9.17) is 4.74 Å². The van der Waals surface area contributed by atoms with E-state index in [0.717, 1.165) is 43.8 Å². The van der Waals surface area contributed by atoms with Gasteiger partial charge in [0.05, 0.1) is 12.7 Å². The lowest BCUT2D eigenvalue weighted by Gasteiger charge is -2.21. The molecule has 1 aliphatic rings. The van der Waals surface area contributed by atoms with Gasteiger partial charge in [-0.1, -0.05) is 0 Å². The minimum atomic E-state index is -0.339. The van der Waals surface area contributed by atoms with E-state index >= 15 is 0 Å². The average molecular weight is 274 g/mol. The van der Waals surface area contributed by atoms with Crippen LogP contribution in [0.4, 0.5) is 0 Å². The Morgan fingerprint density at radius 2 is 2.20 bits per heavy atom. The lowest BCUT2D eigenvalue weighted by Crippen LogP contribution is -2.29. The molecule has 1 N–H and O–H groups in total. The van der Waals surface area contributed by atoms with E-state index in [-0.39, 0.29) is 5.97 Å². The van der Waals surface area contributed by atoms with Gasteiger partial charge in [-0.3, -0.25) is 4.40 Å². The monoisotopic (exact) mass is 274 g/mol. The van der Waals surface area contributed by atoms with Crippen LogP contribution in [-0.4, -0.2) is 40.8 Å². The number of fused-ring (bicyclic) bond motifs is 1. The Kier molecular flexibility index (Phi) is 3.64. The van der Waals surface area contributed by atoms with Crippen LogP contribution in [0.25, 0.3) is 5.65 Å². The third-order valence-corrected chi connectivity index (χ3v) is 3.82. The van der Waals surface area contributed by atoms with Crippen LogP contribution < -0.4 is 5.32 Å². The summed E-state index contributed by atoms with van der Waals surface area (Å²) in [5, 5.41) is 11.8. The predicted molar refractivity (Wildman–Crippen MR) is 73.6 cm³/mol. The molecule has 6 heteroatoms. The van der Waals surface area contributed by atoms with E-state index in [1.54, 1.807) is 18.3 Å². The lowest BCUT2D eigenvalue weighted by molar-refractivity contribution is 0.0600. The largest absolute Gasteiger partial charge is 0.465 e. The molecule has 1 fully saturated rings. The maximum atomic E-state index is 11.6. The second kappa shape index (κ2) is 5.58. The van der Waals surface area contributed by atoms with E-state index in [0.29, 0.717) is 11.5 Å². The van der Waals surface area contributed by atoms with Gasteiger partial charge in [0.1, 0.15) is 5.82 Å². The Balaban J connectivity index is 1.88. The van der Waals surface area contributed by atoms with Crippen molar-refractivity contribution < 1.29 is 9.53 Å². The second-order valence-corrected chi connectivity index (χ2v) is 5.15. The summed E-state index contributed by atoms with van der Waals surface area (Å²) in [6, 6.07) is 3.51. The van der Waals surface area contributed by atoms with Crippen molar-refractivity contribution in [3.63, 3.8) is 0 Å². The third-order valence-electron chi connectivity index (χ3n) is 3.82. The zero-order chi connectivity index (χ0) is 13.9. The maximum Gasteiger partial charge on any atom is 0.339 e.